The van der Waals surface area contributed by atoms with Gasteiger partial charge in [0.1, 0.15) is 5.75 Å². The first-order valence-electron chi connectivity index (χ1n) is 8.51. The third-order valence-corrected chi connectivity index (χ3v) is 5.35. The number of sulfonamides is 1. The average Bonchev–Trinajstić information content (AvgIpc) is 2.99. The van der Waals surface area contributed by atoms with Crippen LogP contribution in [0.25, 0.3) is 5.65 Å². The quantitative estimate of drug-likeness (QED) is 0.612. The number of nitrogens with zero attached hydrogens (tertiary/aromatic N) is 3. The summed E-state index contributed by atoms with van der Waals surface area (Å²) in [6.07, 6.45) is 5.12. The summed E-state index contributed by atoms with van der Waals surface area (Å²) in [7, 11) is -3.52. The Morgan fingerprint density at radius 3 is 2.73 bits per heavy atom. The zero-order valence-corrected chi connectivity index (χ0v) is 15.7. The van der Waals surface area contributed by atoms with Crippen molar-refractivity contribution >= 4 is 15.7 Å². The first kappa shape index (κ1) is 18.3. The van der Waals surface area contributed by atoms with Crippen molar-refractivity contribution in [1.29, 1.82) is 0 Å². The first-order chi connectivity index (χ1) is 12.5. The Kier molecular flexibility index (Phi) is 5.53. The van der Waals surface area contributed by atoms with Gasteiger partial charge in [-0.25, -0.2) is 22.6 Å². The maximum atomic E-state index is 12.3. The Morgan fingerprint density at radius 2 is 2.00 bits per heavy atom. The zero-order chi connectivity index (χ0) is 18.6. The molecule has 0 atom stereocenters. The molecule has 0 aliphatic rings. The molecular formula is C18H22N4O3S. The van der Waals surface area contributed by atoms with Gasteiger partial charge in [0.2, 0.25) is 10.0 Å². The van der Waals surface area contributed by atoms with E-state index in [0.29, 0.717) is 31.7 Å². The zero-order valence-electron chi connectivity index (χ0n) is 14.8. The monoisotopic (exact) mass is 374 g/mol. The van der Waals surface area contributed by atoms with Crippen molar-refractivity contribution in [3.63, 3.8) is 0 Å². The average molecular weight is 374 g/mol. The molecule has 2 aromatic heterocycles. The van der Waals surface area contributed by atoms with Crippen molar-refractivity contribution in [3.8, 4) is 5.75 Å². The van der Waals surface area contributed by atoms with E-state index >= 15 is 0 Å². The number of aromatic nitrogens is 3. The van der Waals surface area contributed by atoms with Crippen LogP contribution in [0.5, 0.6) is 5.75 Å². The number of fused-ring (bicyclic) bond motifs is 1. The van der Waals surface area contributed by atoms with E-state index in [-0.39, 0.29) is 4.90 Å². The minimum Gasteiger partial charge on any atom is -0.494 e. The third kappa shape index (κ3) is 4.39. The number of benzene rings is 1. The molecule has 0 fully saturated rings. The summed E-state index contributed by atoms with van der Waals surface area (Å²) in [5.74, 6) is 0.656. The molecular weight excluding hydrogens is 352 g/mol. The van der Waals surface area contributed by atoms with Gasteiger partial charge in [0.05, 0.1) is 17.2 Å². The summed E-state index contributed by atoms with van der Waals surface area (Å²) >= 11 is 0. The second-order valence-electron chi connectivity index (χ2n) is 5.96. The van der Waals surface area contributed by atoms with Gasteiger partial charge >= 0.3 is 0 Å². The topological polar surface area (TPSA) is 85.6 Å². The van der Waals surface area contributed by atoms with Crippen LogP contribution >= 0.6 is 0 Å². The molecule has 0 unspecified atom stereocenters. The first-order valence-corrected chi connectivity index (χ1v) is 10.00. The predicted molar refractivity (Wildman–Crippen MR) is 98.8 cm³/mol. The molecule has 138 valence electrons. The van der Waals surface area contributed by atoms with Crippen molar-refractivity contribution in [2.45, 2.75) is 31.6 Å². The van der Waals surface area contributed by atoms with Crippen molar-refractivity contribution in [2.24, 2.45) is 0 Å². The lowest BCUT2D eigenvalue weighted by atomic mass is 10.2. The Morgan fingerprint density at radius 1 is 1.23 bits per heavy atom. The fraction of sp³-hybridized carbons (Fsp3) is 0.333. The fourth-order valence-electron chi connectivity index (χ4n) is 2.63. The molecule has 0 radical (unpaired) electrons. The fourth-order valence-corrected chi connectivity index (χ4v) is 3.70. The van der Waals surface area contributed by atoms with Gasteiger partial charge in [0.15, 0.2) is 5.65 Å². The molecule has 0 aliphatic heterocycles. The van der Waals surface area contributed by atoms with Crippen LogP contribution in [0.1, 0.15) is 24.6 Å². The smallest absolute Gasteiger partial charge is 0.240 e. The van der Waals surface area contributed by atoms with Crippen molar-refractivity contribution in [1.82, 2.24) is 19.3 Å². The molecule has 2 heterocycles. The van der Waals surface area contributed by atoms with Crippen LogP contribution in [0.4, 0.5) is 0 Å². The number of hydrogen-bond donors (Lipinski definition) is 1. The number of rotatable bonds is 8. The Labute approximate surface area is 153 Å². The number of nitrogens with one attached hydrogen (secondary N) is 1. The van der Waals surface area contributed by atoms with Crippen LogP contribution in [0, 0.1) is 6.92 Å². The van der Waals surface area contributed by atoms with E-state index < -0.39 is 10.0 Å². The van der Waals surface area contributed by atoms with E-state index in [0.717, 1.165) is 16.9 Å². The van der Waals surface area contributed by atoms with Gasteiger partial charge in [-0.2, -0.15) is 5.10 Å². The summed E-state index contributed by atoms with van der Waals surface area (Å²) < 4.78 is 34.3. The molecule has 0 aliphatic carbocycles. The SMILES string of the molecule is CCOc1ccc(S(=O)(=O)NCCCc2cnc3cc(C)nn3c2)cc1. The molecule has 1 N–H and O–H groups in total. The summed E-state index contributed by atoms with van der Waals surface area (Å²) in [4.78, 5) is 4.58. The van der Waals surface area contributed by atoms with Crippen molar-refractivity contribution in [2.75, 3.05) is 13.2 Å². The molecule has 1 aromatic carbocycles. The highest BCUT2D eigenvalue weighted by Gasteiger charge is 2.13. The van der Waals surface area contributed by atoms with Gasteiger partial charge in [-0.05, 0) is 56.5 Å². The summed E-state index contributed by atoms with van der Waals surface area (Å²) in [5.41, 5.74) is 2.74. The van der Waals surface area contributed by atoms with Crippen LogP contribution in [0.15, 0.2) is 47.6 Å². The van der Waals surface area contributed by atoms with Crippen molar-refractivity contribution in [3.05, 3.63) is 54.0 Å². The second-order valence-corrected chi connectivity index (χ2v) is 7.72. The Balaban J connectivity index is 1.54. The maximum absolute atomic E-state index is 12.3. The molecule has 0 amide bonds. The molecule has 7 nitrogen and oxygen atoms in total. The van der Waals surface area contributed by atoms with Crippen LogP contribution < -0.4 is 9.46 Å². The highest BCUT2D eigenvalue weighted by Crippen LogP contribution is 2.16. The van der Waals surface area contributed by atoms with E-state index in [4.69, 9.17) is 4.74 Å². The Bertz CT molecular complexity index is 981. The van der Waals surface area contributed by atoms with E-state index in [2.05, 4.69) is 14.8 Å². The van der Waals surface area contributed by atoms with E-state index in [1.807, 2.05) is 26.1 Å². The molecule has 0 spiro atoms. The largest absolute Gasteiger partial charge is 0.494 e. The highest BCUT2D eigenvalue weighted by atomic mass is 32.2. The molecule has 3 aromatic rings. The number of aryl methyl sites for hydroxylation is 2. The number of ether oxygens (including phenoxy) is 1. The van der Waals surface area contributed by atoms with Gasteiger partial charge in [-0.15, -0.1) is 0 Å². The van der Waals surface area contributed by atoms with Gasteiger partial charge in [0, 0.05) is 25.0 Å². The summed E-state index contributed by atoms with van der Waals surface area (Å²) in [6, 6.07) is 8.32. The maximum Gasteiger partial charge on any atom is 0.240 e. The third-order valence-electron chi connectivity index (χ3n) is 3.87. The van der Waals surface area contributed by atoms with E-state index in [1.54, 1.807) is 35.0 Å². The van der Waals surface area contributed by atoms with Crippen LogP contribution in [-0.2, 0) is 16.4 Å². The second kappa shape index (κ2) is 7.84. The van der Waals surface area contributed by atoms with Crippen molar-refractivity contribution < 1.29 is 13.2 Å². The summed E-state index contributed by atoms with van der Waals surface area (Å²) in [6.45, 7) is 4.70. The molecule has 3 rings (SSSR count). The lowest BCUT2D eigenvalue weighted by molar-refractivity contribution is 0.340. The van der Waals surface area contributed by atoms with Crippen LogP contribution in [0.3, 0.4) is 0 Å². The van der Waals surface area contributed by atoms with Crippen LogP contribution in [-0.4, -0.2) is 36.2 Å². The molecule has 0 bridgehead atoms. The molecule has 26 heavy (non-hydrogen) atoms. The van der Waals surface area contributed by atoms with E-state index in [1.165, 1.54) is 0 Å². The molecule has 0 saturated carbocycles. The number of hydrogen-bond acceptors (Lipinski definition) is 5. The van der Waals surface area contributed by atoms with E-state index in [9.17, 15) is 8.42 Å². The minimum absolute atomic E-state index is 0.232. The predicted octanol–water partition coefficient (Wildman–Crippen LogP) is 2.35. The Hall–Kier alpha value is -2.45. The normalized spacial score (nSPS) is 11.8. The van der Waals surface area contributed by atoms with Gasteiger partial charge < -0.3 is 4.74 Å². The summed E-state index contributed by atoms with van der Waals surface area (Å²) in [5, 5.41) is 4.33. The standard InChI is InChI=1S/C18H22N4O3S/c1-3-25-16-6-8-17(9-7-16)26(23,24)20-10-4-5-15-12-19-18-11-14(2)21-22(18)13-15/h6-9,11-13,20H,3-5,10H2,1-2H3. The highest BCUT2D eigenvalue weighted by molar-refractivity contribution is 7.89. The van der Waals surface area contributed by atoms with Gasteiger partial charge in [-0.3, -0.25) is 0 Å². The minimum atomic E-state index is -3.52. The lowest BCUT2D eigenvalue weighted by Crippen LogP contribution is -2.25. The van der Waals surface area contributed by atoms with Gasteiger partial charge in [-0.1, -0.05) is 0 Å². The lowest BCUT2D eigenvalue weighted by Gasteiger charge is -2.08. The van der Waals surface area contributed by atoms with Gasteiger partial charge in [0.25, 0.3) is 0 Å². The van der Waals surface area contributed by atoms with Crippen LogP contribution in [0.2, 0.25) is 0 Å². The molecule has 0 saturated heterocycles. The molecule has 8 heteroatoms.